The van der Waals surface area contributed by atoms with E-state index in [1.54, 1.807) is 0 Å². The van der Waals surface area contributed by atoms with Gasteiger partial charge in [-0.05, 0) is 25.0 Å². The number of carbonyl (C=O) groups is 2. The molecule has 0 aliphatic heterocycles. The smallest absolute Gasteiger partial charge is 0.243 e. The van der Waals surface area contributed by atoms with Crippen molar-refractivity contribution in [3.05, 3.63) is 35.7 Å². The summed E-state index contributed by atoms with van der Waals surface area (Å²) in [6.07, 6.45) is 2.23. The van der Waals surface area contributed by atoms with Crippen LogP contribution < -0.4 is 10.6 Å². The largest absolute Gasteiger partial charge is 0.346 e. The predicted molar refractivity (Wildman–Crippen MR) is 91.7 cm³/mol. The molecular formula is C16H17F2N5O2S. The Hall–Kier alpha value is -2.49. The van der Waals surface area contributed by atoms with Crippen molar-refractivity contribution < 1.29 is 18.4 Å². The SMILES string of the molecule is Cn1c(SCC(=O)NCC(=O)Nc2ccc(F)c(F)c2)nnc1C1CC1. The fraction of sp³-hybridized carbons (Fsp3) is 0.375. The molecule has 7 nitrogen and oxygen atoms in total. The van der Waals surface area contributed by atoms with Gasteiger partial charge in [0.2, 0.25) is 11.8 Å². The summed E-state index contributed by atoms with van der Waals surface area (Å²) in [4.78, 5) is 23.6. The first-order valence-electron chi connectivity index (χ1n) is 7.97. The third-order valence-electron chi connectivity index (χ3n) is 3.79. The average Bonchev–Trinajstić information content (AvgIpc) is 3.38. The Labute approximate surface area is 152 Å². The van der Waals surface area contributed by atoms with Gasteiger partial charge >= 0.3 is 0 Å². The molecule has 1 fully saturated rings. The molecule has 2 aromatic rings. The number of carbonyl (C=O) groups excluding carboxylic acids is 2. The molecular weight excluding hydrogens is 364 g/mol. The molecule has 1 aromatic heterocycles. The second-order valence-corrected chi connectivity index (χ2v) is 6.86. The van der Waals surface area contributed by atoms with Crippen LogP contribution in [-0.2, 0) is 16.6 Å². The van der Waals surface area contributed by atoms with Gasteiger partial charge in [-0.3, -0.25) is 9.59 Å². The molecule has 1 saturated carbocycles. The van der Waals surface area contributed by atoms with Crippen molar-refractivity contribution in [2.45, 2.75) is 23.9 Å². The van der Waals surface area contributed by atoms with E-state index in [-0.39, 0.29) is 23.9 Å². The van der Waals surface area contributed by atoms with Crippen LogP contribution in [0.4, 0.5) is 14.5 Å². The fourth-order valence-corrected chi connectivity index (χ4v) is 3.04. The number of benzene rings is 1. The molecule has 138 valence electrons. The zero-order valence-electron chi connectivity index (χ0n) is 14.0. The Balaban J connectivity index is 1.42. The molecule has 0 unspecified atom stereocenters. The van der Waals surface area contributed by atoms with E-state index in [0.717, 1.165) is 30.8 Å². The van der Waals surface area contributed by atoms with Gasteiger partial charge in [0.15, 0.2) is 16.8 Å². The van der Waals surface area contributed by atoms with Crippen molar-refractivity contribution in [2.75, 3.05) is 17.6 Å². The van der Waals surface area contributed by atoms with Crippen LogP contribution in [-0.4, -0.2) is 38.9 Å². The first-order chi connectivity index (χ1) is 12.4. The summed E-state index contributed by atoms with van der Waals surface area (Å²) in [5.74, 6) is -1.45. The second-order valence-electron chi connectivity index (χ2n) is 5.92. The number of rotatable bonds is 7. The number of hydrogen-bond donors (Lipinski definition) is 2. The lowest BCUT2D eigenvalue weighted by Gasteiger charge is -2.07. The highest BCUT2D eigenvalue weighted by atomic mass is 32.2. The van der Waals surface area contributed by atoms with Gasteiger partial charge in [0, 0.05) is 24.7 Å². The molecule has 1 aliphatic rings. The molecule has 1 heterocycles. The number of nitrogens with zero attached hydrogens (tertiary/aromatic N) is 3. The van der Waals surface area contributed by atoms with E-state index < -0.39 is 17.5 Å². The number of anilines is 1. The highest BCUT2D eigenvalue weighted by molar-refractivity contribution is 7.99. The number of thioether (sulfide) groups is 1. The van der Waals surface area contributed by atoms with Gasteiger partial charge in [-0.25, -0.2) is 8.78 Å². The average molecular weight is 381 g/mol. The van der Waals surface area contributed by atoms with E-state index in [0.29, 0.717) is 11.1 Å². The Morgan fingerprint density at radius 1 is 1.23 bits per heavy atom. The van der Waals surface area contributed by atoms with Crippen molar-refractivity contribution in [1.82, 2.24) is 20.1 Å². The van der Waals surface area contributed by atoms with Gasteiger partial charge in [0.05, 0.1) is 12.3 Å². The topological polar surface area (TPSA) is 88.9 Å². The Bertz CT molecular complexity index is 838. The first kappa shape index (κ1) is 18.3. The predicted octanol–water partition coefficient (Wildman–Crippen LogP) is 1.82. The summed E-state index contributed by atoms with van der Waals surface area (Å²) in [5, 5.41) is 13.7. The van der Waals surface area contributed by atoms with Crippen LogP contribution in [0.15, 0.2) is 23.4 Å². The summed E-state index contributed by atoms with van der Waals surface area (Å²) in [6.45, 7) is -0.273. The van der Waals surface area contributed by atoms with E-state index in [2.05, 4.69) is 20.8 Å². The number of amides is 2. The lowest BCUT2D eigenvalue weighted by Crippen LogP contribution is -2.34. The van der Waals surface area contributed by atoms with Crippen LogP contribution in [0, 0.1) is 11.6 Å². The zero-order chi connectivity index (χ0) is 18.7. The molecule has 3 rings (SSSR count). The van der Waals surface area contributed by atoms with E-state index in [1.165, 1.54) is 17.8 Å². The number of hydrogen-bond acceptors (Lipinski definition) is 5. The normalized spacial score (nSPS) is 13.5. The molecule has 10 heteroatoms. The minimum absolute atomic E-state index is 0.0924. The van der Waals surface area contributed by atoms with Crippen molar-refractivity contribution in [3.8, 4) is 0 Å². The highest BCUT2D eigenvalue weighted by Crippen LogP contribution is 2.39. The summed E-state index contributed by atoms with van der Waals surface area (Å²) in [7, 11) is 1.86. The van der Waals surface area contributed by atoms with Gasteiger partial charge in [0.25, 0.3) is 0 Å². The van der Waals surface area contributed by atoms with E-state index in [1.807, 2.05) is 11.6 Å². The van der Waals surface area contributed by atoms with Crippen LogP contribution in [0.25, 0.3) is 0 Å². The van der Waals surface area contributed by atoms with Gasteiger partial charge in [-0.2, -0.15) is 0 Å². The van der Waals surface area contributed by atoms with Crippen molar-refractivity contribution in [3.63, 3.8) is 0 Å². The van der Waals surface area contributed by atoms with Crippen molar-refractivity contribution in [2.24, 2.45) is 7.05 Å². The van der Waals surface area contributed by atoms with Crippen LogP contribution >= 0.6 is 11.8 Å². The maximum atomic E-state index is 13.1. The second kappa shape index (κ2) is 7.81. The van der Waals surface area contributed by atoms with E-state index in [4.69, 9.17) is 0 Å². The summed E-state index contributed by atoms with van der Waals surface area (Å²) < 4.78 is 27.8. The Morgan fingerprint density at radius 3 is 2.69 bits per heavy atom. The molecule has 0 saturated heterocycles. The van der Waals surface area contributed by atoms with Crippen LogP contribution in [0.3, 0.4) is 0 Å². The standard InChI is InChI=1S/C16H17F2N5O2S/c1-23-15(9-2-3-9)21-22-16(23)26-8-14(25)19-7-13(24)20-10-4-5-11(17)12(18)6-10/h4-6,9H,2-3,7-8H2,1H3,(H,19,25)(H,20,24). The molecule has 1 aliphatic carbocycles. The molecule has 26 heavy (non-hydrogen) atoms. The third kappa shape index (κ3) is 4.57. The molecule has 2 amide bonds. The quantitative estimate of drug-likeness (QED) is 0.714. The molecule has 0 spiro atoms. The number of halogens is 2. The number of nitrogens with one attached hydrogen (secondary N) is 2. The summed E-state index contributed by atoms with van der Waals surface area (Å²) in [5.41, 5.74) is 0.115. The minimum atomic E-state index is -1.06. The molecule has 0 bridgehead atoms. The first-order valence-corrected chi connectivity index (χ1v) is 8.96. The Kier molecular flexibility index (Phi) is 5.50. The Morgan fingerprint density at radius 2 is 2.00 bits per heavy atom. The molecule has 0 radical (unpaired) electrons. The molecule has 0 atom stereocenters. The lowest BCUT2D eigenvalue weighted by molar-refractivity contribution is -0.122. The van der Waals surface area contributed by atoms with Crippen molar-refractivity contribution in [1.29, 1.82) is 0 Å². The van der Waals surface area contributed by atoms with Crippen molar-refractivity contribution >= 4 is 29.3 Å². The third-order valence-corrected chi connectivity index (χ3v) is 4.81. The van der Waals surface area contributed by atoms with E-state index >= 15 is 0 Å². The van der Waals surface area contributed by atoms with E-state index in [9.17, 15) is 18.4 Å². The minimum Gasteiger partial charge on any atom is -0.346 e. The summed E-state index contributed by atoms with van der Waals surface area (Å²) >= 11 is 1.23. The fourth-order valence-electron chi connectivity index (χ4n) is 2.29. The maximum absolute atomic E-state index is 13.1. The lowest BCUT2D eigenvalue weighted by atomic mass is 10.3. The van der Waals surface area contributed by atoms with Crippen LogP contribution in [0.2, 0.25) is 0 Å². The zero-order valence-corrected chi connectivity index (χ0v) is 14.8. The summed E-state index contributed by atoms with van der Waals surface area (Å²) in [6, 6.07) is 3.02. The van der Waals surface area contributed by atoms with Gasteiger partial charge in [-0.1, -0.05) is 11.8 Å². The van der Waals surface area contributed by atoms with Gasteiger partial charge in [-0.15, -0.1) is 10.2 Å². The highest BCUT2D eigenvalue weighted by Gasteiger charge is 2.29. The van der Waals surface area contributed by atoms with Gasteiger partial charge in [0.1, 0.15) is 5.82 Å². The number of aromatic nitrogens is 3. The van der Waals surface area contributed by atoms with Crippen LogP contribution in [0.5, 0.6) is 0 Å². The maximum Gasteiger partial charge on any atom is 0.243 e. The van der Waals surface area contributed by atoms with Crippen LogP contribution in [0.1, 0.15) is 24.6 Å². The monoisotopic (exact) mass is 381 g/mol. The molecule has 2 N–H and O–H groups in total. The molecule has 1 aromatic carbocycles. The van der Waals surface area contributed by atoms with Gasteiger partial charge < -0.3 is 15.2 Å².